The fourth-order valence-electron chi connectivity index (χ4n) is 2.14. The molecule has 0 saturated heterocycles. The third-order valence-corrected chi connectivity index (χ3v) is 3.17. The summed E-state index contributed by atoms with van der Waals surface area (Å²) in [6.45, 7) is 5.07. The van der Waals surface area contributed by atoms with E-state index in [9.17, 15) is 0 Å². The molecule has 106 valence electrons. The van der Waals surface area contributed by atoms with E-state index in [1.807, 2.05) is 31.3 Å². The number of rotatable bonds is 6. The Bertz CT molecular complexity index is 540. The Labute approximate surface area is 120 Å². The van der Waals surface area contributed by atoms with Crippen molar-refractivity contribution in [3.63, 3.8) is 0 Å². The molecule has 2 heterocycles. The Morgan fingerprint density at radius 1 is 1.25 bits per heavy atom. The van der Waals surface area contributed by atoms with Gasteiger partial charge in [-0.1, -0.05) is 19.1 Å². The zero-order valence-corrected chi connectivity index (χ0v) is 12.3. The van der Waals surface area contributed by atoms with Crippen LogP contribution in [0.15, 0.2) is 36.7 Å². The van der Waals surface area contributed by atoms with Gasteiger partial charge in [-0.05, 0) is 37.6 Å². The maximum absolute atomic E-state index is 5.38. The maximum Gasteiger partial charge on any atom is 0.218 e. The molecule has 2 rings (SSSR count). The molecule has 0 radical (unpaired) electrons. The van der Waals surface area contributed by atoms with E-state index in [1.54, 1.807) is 13.3 Å². The minimum Gasteiger partial charge on any atom is -0.481 e. The lowest BCUT2D eigenvalue weighted by molar-refractivity contribution is 0.387. The molecule has 0 bridgehead atoms. The largest absolute Gasteiger partial charge is 0.481 e. The Morgan fingerprint density at radius 3 is 2.75 bits per heavy atom. The van der Waals surface area contributed by atoms with Gasteiger partial charge >= 0.3 is 0 Å². The number of hydrogen-bond acceptors (Lipinski definition) is 4. The van der Waals surface area contributed by atoms with E-state index in [-0.39, 0.29) is 6.04 Å². The van der Waals surface area contributed by atoms with Gasteiger partial charge in [0, 0.05) is 23.7 Å². The van der Waals surface area contributed by atoms with Crippen molar-refractivity contribution in [3.05, 3.63) is 53.5 Å². The topological polar surface area (TPSA) is 47.0 Å². The first kappa shape index (κ1) is 14.5. The first-order chi connectivity index (χ1) is 9.76. The van der Waals surface area contributed by atoms with Gasteiger partial charge in [-0.3, -0.25) is 4.98 Å². The predicted molar refractivity (Wildman–Crippen MR) is 79.9 cm³/mol. The van der Waals surface area contributed by atoms with E-state index in [4.69, 9.17) is 4.74 Å². The van der Waals surface area contributed by atoms with Crippen LogP contribution in [0.1, 0.15) is 36.2 Å². The van der Waals surface area contributed by atoms with Gasteiger partial charge in [0.2, 0.25) is 5.88 Å². The molecule has 2 aromatic heterocycles. The molecule has 0 fully saturated rings. The fourth-order valence-corrected chi connectivity index (χ4v) is 2.14. The van der Waals surface area contributed by atoms with Crippen molar-refractivity contribution in [2.45, 2.75) is 26.3 Å². The molecular formula is C16H21N3O. The third-order valence-electron chi connectivity index (χ3n) is 3.17. The van der Waals surface area contributed by atoms with Crippen molar-refractivity contribution in [1.82, 2.24) is 15.3 Å². The van der Waals surface area contributed by atoms with Crippen LogP contribution in [0, 0.1) is 6.92 Å². The first-order valence-corrected chi connectivity index (χ1v) is 6.91. The number of methoxy groups -OCH3 is 1. The van der Waals surface area contributed by atoms with Crippen LogP contribution >= 0.6 is 0 Å². The van der Waals surface area contributed by atoms with Gasteiger partial charge in [-0.2, -0.15) is 0 Å². The molecular weight excluding hydrogens is 250 g/mol. The van der Waals surface area contributed by atoms with Crippen LogP contribution in [-0.2, 0) is 0 Å². The quantitative estimate of drug-likeness (QED) is 0.877. The second-order valence-electron chi connectivity index (χ2n) is 4.72. The van der Waals surface area contributed by atoms with Crippen LogP contribution in [0.25, 0.3) is 0 Å². The Hall–Kier alpha value is -1.94. The summed E-state index contributed by atoms with van der Waals surface area (Å²) in [6.07, 6.45) is 4.72. The molecule has 4 heteroatoms. The summed E-state index contributed by atoms with van der Waals surface area (Å²) in [5, 5.41) is 3.54. The van der Waals surface area contributed by atoms with E-state index in [1.165, 1.54) is 0 Å². The van der Waals surface area contributed by atoms with E-state index < -0.39 is 0 Å². The van der Waals surface area contributed by atoms with Crippen LogP contribution in [0.3, 0.4) is 0 Å². The second-order valence-corrected chi connectivity index (χ2v) is 4.72. The molecule has 20 heavy (non-hydrogen) atoms. The molecule has 0 aliphatic heterocycles. The molecule has 0 aromatic carbocycles. The zero-order valence-electron chi connectivity index (χ0n) is 12.3. The minimum atomic E-state index is 0.0479. The summed E-state index contributed by atoms with van der Waals surface area (Å²) >= 11 is 0. The van der Waals surface area contributed by atoms with E-state index in [2.05, 4.69) is 28.3 Å². The monoisotopic (exact) mass is 271 g/mol. The zero-order chi connectivity index (χ0) is 14.4. The van der Waals surface area contributed by atoms with Crippen molar-refractivity contribution < 1.29 is 4.74 Å². The number of aromatic nitrogens is 2. The third kappa shape index (κ3) is 3.33. The molecule has 0 aliphatic carbocycles. The molecule has 0 amide bonds. The molecule has 0 spiro atoms. The predicted octanol–water partition coefficient (Wildman–Crippen LogP) is 2.88. The average molecular weight is 271 g/mol. The van der Waals surface area contributed by atoms with Gasteiger partial charge in [-0.25, -0.2) is 4.98 Å². The number of ether oxygens (including phenoxy) is 1. The lowest BCUT2D eigenvalue weighted by atomic mass is 10.0. The standard InChI is InChI=1S/C16H21N3O/c1-4-9-17-15(13-8-7-12(2)19-11-13)14-6-5-10-18-16(14)20-3/h5-8,10-11,15,17H,4,9H2,1-3H3. The molecule has 0 saturated carbocycles. The van der Waals surface area contributed by atoms with Crippen molar-refractivity contribution in [1.29, 1.82) is 0 Å². The number of nitrogens with zero attached hydrogens (tertiary/aromatic N) is 2. The molecule has 4 nitrogen and oxygen atoms in total. The summed E-state index contributed by atoms with van der Waals surface area (Å²) in [4.78, 5) is 8.67. The Morgan fingerprint density at radius 2 is 2.10 bits per heavy atom. The number of aryl methyl sites for hydroxylation is 1. The fraction of sp³-hybridized carbons (Fsp3) is 0.375. The number of nitrogens with one attached hydrogen (secondary N) is 1. The summed E-state index contributed by atoms with van der Waals surface area (Å²) in [5.41, 5.74) is 3.17. The minimum absolute atomic E-state index is 0.0479. The molecule has 1 unspecified atom stereocenters. The van der Waals surface area contributed by atoms with Gasteiger partial charge in [0.15, 0.2) is 0 Å². The molecule has 2 aromatic rings. The van der Waals surface area contributed by atoms with Crippen LogP contribution < -0.4 is 10.1 Å². The average Bonchev–Trinajstić information content (AvgIpc) is 2.50. The highest BCUT2D eigenvalue weighted by atomic mass is 16.5. The van der Waals surface area contributed by atoms with Gasteiger partial charge in [0.1, 0.15) is 0 Å². The van der Waals surface area contributed by atoms with Gasteiger partial charge in [0.05, 0.1) is 13.2 Å². The summed E-state index contributed by atoms with van der Waals surface area (Å²) in [7, 11) is 1.65. The molecule has 0 aliphatic rings. The number of hydrogen-bond donors (Lipinski definition) is 1. The first-order valence-electron chi connectivity index (χ1n) is 6.91. The highest BCUT2D eigenvalue weighted by Gasteiger charge is 2.18. The van der Waals surface area contributed by atoms with Crippen molar-refractivity contribution in [2.24, 2.45) is 0 Å². The SMILES string of the molecule is CCCNC(c1ccc(C)nc1)c1cccnc1OC. The van der Waals surface area contributed by atoms with E-state index in [0.717, 1.165) is 29.8 Å². The van der Waals surface area contributed by atoms with Gasteiger partial charge < -0.3 is 10.1 Å². The summed E-state index contributed by atoms with van der Waals surface area (Å²) in [6, 6.07) is 8.15. The highest BCUT2D eigenvalue weighted by Crippen LogP contribution is 2.27. The van der Waals surface area contributed by atoms with Crippen LogP contribution in [-0.4, -0.2) is 23.6 Å². The summed E-state index contributed by atoms with van der Waals surface area (Å²) < 4.78 is 5.38. The van der Waals surface area contributed by atoms with Crippen LogP contribution in [0.4, 0.5) is 0 Å². The van der Waals surface area contributed by atoms with E-state index in [0.29, 0.717) is 5.88 Å². The molecule has 1 N–H and O–H groups in total. The normalized spacial score (nSPS) is 12.2. The Kier molecular flexibility index (Phi) is 5.07. The molecule has 1 atom stereocenters. The van der Waals surface area contributed by atoms with Crippen LogP contribution in [0.2, 0.25) is 0 Å². The highest BCUT2D eigenvalue weighted by molar-refractivity contribution is 5.36. The second kappa shape index (κ2) is 7.01. The summed E-state index contributed by atoms with van der Waals surface area (Å²) in [5.74, 6) is 0.654. The van der Waals surface area contributed by atoms with Gasteiger partial charge in [-0.15, -0.1) is 0 Å². The lowest BCUT2D eigenvalue weighted by Gasteiger charge is -2.20. The maximum atomic E-state index is 5.38. The van der Waals surface area contributed by atoms with Crippen molar-refractivity contribution in [2.75, 3.05) is 13.7 Å². The van der Waals surface area contributed by atoms with Crippen LogP contribution in [0.5, 0.6) is 5.88 Å². The van der Waals surface area contributed by atoms with Crippen molar-refractivity contribution >= 4 is 0 Å². The van der Waals surface area contributed by atoms with E-state index >= 15 is 0 Å². The number of pyridine rings is 2. The Balaban J connectivity index is 2.38. The lowest BCUT2D eigenvalue weighted by Crippen LogP contribution is -2.24. The van der Waals surface area contributed by atoms with Crippen molar-refractivity contribution in [3.8, 4) is 5.88 Å². The van der Waals surface area contributed by atoms with Gasteiger partial charge in [0.25, 0.3) is 0 Å². The smallest absolute Gasteiger partial charge is 0.218 e.